The van der Waals surface area contributed by atoms with Crippen molar-refractivity contribution in [1.29, 1.82) is 0 Å². The van der Waals surface area contributed by atoms with Crippen LogP contribution in [0.2, 0.25) is 0 Å². The third-order valence-corrected chi connectivity index (χ3v) is 4.94. The summed E-state index contributed by atoms with van der Waals surface area (Å²) in [6, 6.07) is 15.9. The van der Waals surface area contributed by atoms with E-state index in [1.54, 1.807) is 0 Å². The van der Waals surface area contributed by atoms with Crippen LogP contribution >= 0.6 is 0 Å². The second-order valence-electron chi connectivity index (χ2n) is 6.89. The smallest absolute Gasteiger partial charge is 0.318 e. The summed E-state index contributed by atoms with van der Waals surface area (Å²) in [6.07, 6.45) is 4.32. The largest absolute Gasteiger partial charge is 0.331 e. The predicted molar refractivity (Wildman–Crippen MR) is 99.5 cm³/mol. The van der Waals surface area contributed by atoms with Gasteiger partial charge in [0, 0.05) is 12.7 Å². The fourth-order valence-electron chi connectivity index (χ4n) is 3.17. The van der Waals surface area contributed by atoms with Gasteiger partial charge in [0.1, 0.15) is 0 Å². The minimum absolute atomic E-state index is 0.0342. The van der Waals surface area contributed by atoms with Crippen molar-refractivity contribution < 1.29 is 4.79 Å². The summed E-state index contributed by atoms with van der Waals surface area (Å²) in [4.78, 5) is 14.9. The number of amides is 2. The van der Waals surface area contributed by atoms with E-state index in [-0.39, 0.29) is 12.1 Å². The lowest BCUT2D eigenvalue weighted by molar-refractivity contribution is 0.175. The minimum atomic E-state index is -0.0547. The maximum Gasteiger partial charge on any atom is 0.318 e. The van der Waals surface area contributed by atoms with Gasteiger partial charge in [0.15, 0.2) is 11.5 Å². The number of aromatic nitrogens is 3. The molecule has 1 fully saturated rings. The highest BCUT2D eigenvalue weighted by molar-refractivity contribution is 5.74. The molecule has 2 amide bonds. The van der Waals surface area contributed by atoms with E-state index < -0.39 is 0 Å². The SMILES string of the molecule is CC(c1ccccc1)N(CC1CC1)C(=O)NCc1nnc2ccccn12. The number of pyridine rings is 1. The summed E-state index contributed by atoms with van der Waals surface area (Å²) < 4.78 is 1.89. The number of rotatable bonds is 6. The van der Waals surface area contributed by atoms with Crippen molar-refractivity contribution >= 4 is 11.7 Å². The molecule has 1 aliphatic carbocycles. The monoisotopic (exact) mass is 349 g/mol. The first-order valence-corrected chi connectivity index (χ1v) is 9.10. The molecule has 3 aromatic rings. The van der Waals surface area contributed by atoms with Crippen molar-refractivity contribution in [2.75, 3.05) is 6.54 Å². The fourth-order valence-corrected chi connectivity index (χ4v) is 3.17. The lowest BCUT2D eigenvalue weighted by Gasteiger charge is -2.30. The number of hydrogen-bond acceptors (Lipinski definition) is 3. The van der Waals surface area contributed by atoms with Crippen LogP contribution in [-0.2, 0) is 6.54 Å². The molecule has 0 spiro atoms. The summed E-state index contributed by atoms with van der Waals surface area (Å²) >= 11 is 0. The first-order chi connectivity index (χ1) is 12.7. The fraction of sp³-hybridized carbons (Fsp3) is 0.350. The molecule has 2 heterocycles. The maximum absolute atomic E-state index is 12.9. The molecule has 0 aliphatic heterocycles. The highest BCUT2D eigenvalue weighted by atomic mass is 16.2. The number of carbonyl (C=O) groups excluding carboxylic acids is 1. The van der Waals surface area contributed by atoms with Crippen LogP contribution in [0.5, 0.6) is 0 Å². The van der Waals surface area contributed by atoms with Crippen molar-refractivity contribution in [2.45, 2.75) is 32.4 Å². The second kappa shape index (κ2) is 7.15. The van der Waals surface area contributed by atoms with Gasteiger partial charge in [-0.15, -0.1) is 10.2 Å². The van der Waals surface area contributed by atoms with E-state index >= 15 is 0 Å². The maximum atomic E-state index is 12.9. The van der Waals surface area contributed by atoms with Gasteiger partial charge in [0.2, 0.25) is 0 Å². The van der Waals surface area contributed by atoms with Crippen molar-refractivity contribution in [3.63, 3.8) is 0 Å². The standard InChI is InChI=1S/C20H23N5O/c1-15(17-7-3-2-4-8-17)25(14-16-10-11-16)20(26)21-13-19-23-22-18-9-5-6-12-24(18)19/h2-9,12,15-16H,10-11,13-14H2,1H3,(H,21,26). The topological polar surface area (TPSA) is 62.5 Å². The zero-order chi connectivity index (χ0) is 17.9. The molecule has 6 nitrogen and oxygen atoms in total. The summed E-state index contributed by atoms with van der Waals surface area (Å²) in [7, 11) is 0. The van der Waals surface area contributed by atoms with E-state index in [1.807, 2.05) is 51.9 Å². The minimum Gasteiger partial charge on any atom is -0.331 e. The van der Waals surface area contributed by atoms with Gasteiger partial charge in [0.25, 0.3) is 0 Å². The van der Waals surface area contributed by atoms with Crippen LogP contribution in [0.15, 0.2) is 54.7 Å². The van der Waals surface area contributed by atoms with Gasteiger partial charge in [-0.1, -0.05) is 36.4 Å². The van der Waals surface area contributed by atoms with E-state index in [2.05, 4.69) is 34.6 Å². The van der Waals surface area contributed by atoms with Gasteiger partial charge in [0.05, 0.1) is 12.6 Å². The number of hydrogen-bond donors (Lipinski definition) is 1. The Morgan fingerprint density at radius 1 is 1.19 bits per heavy atom. The van der Waals surface area contributed by atoms with Crippen LogP contribution < -0.4 is 5.32 Å². The van der Waals surface area contributed by atoms with Gasteiger partial charge in [-0.05, 0) is 43.4 Å². The van der Waals surface area contributed by atoms with Gasteiger partial charge in [-0.25, -0.2) is 4.79 Å². The number of fused-ring (bicyclic) bond motifs is 1. The van der Waals surface area contributed by atoms with E-state index in [9.17, 15) is 4.79 Å². The number of nitrogens with zero attached hydrogens (tertiary/aromatic N) is 4. The van der Waals surface area contributed by atoms with E-state index in [0.717, 1.165) is 23.6 Å². The van der Waals surface area contributed by atoms with Gasteiger partial charge >= 0.3 is 6.03 Å². The normalized spacial score (nSPS) is 15.0. The van der Waals surface area contributed by atoms with Gasteiger partial charge in [-0.3, -0.25) is 4.40 Å². The Bertz CT molecular complexity index is 887. The quantitative estimate of drug-likeness (QED) is 0.742. The first-order valence-electron chi connectivity index (χ1n) is 9.10. The van der Waals surface area contributed by atoms with Crippen molar-refractivity contribution in [2.24, 2.45) is 5.92 Å². The molecule has 0 bridgehead atoms. The molecule has 4 rings (SSSR count). The molecular formula is C20H23N5O. The average Bonchev–Trinajstić information content (AvgIpc) is 3.42. The number of carbonyl (C=O) groups is 1. The molecular weight excluding hydrogens is 326 g/mol. The molecule has 0 saturated heterocycles. The molecule has 134 valence electrons. The number of nitrogens with one attached hydrogen (secondary N) is 1. The van der Waals surface area contributed by atoms with Crippen LogP contribution in [0.1, 0.15) is 37.2 Å². The molecule has 1 aromatic carbocycles. The first kappa shape index (κ1) is 16.6. The highest BCUT2D eigenvalue weighted by Gasteiger charge is 2.30. The van der Waals surface area contributed by atoms with Crippen LogP contribution in [0, 0.1) is 5.92 Å². The average molecular weight is 349 g/mol. The Kier molecular flexibility index (Phi) is 4.56. The lowest BCUT2D eigenvalue weighted by atomic mass is 10.1. The molecule has 1 aliphatic rings. The van der Waals surface area contributed by atoms with Crippen LogP contribution in [0.25, 0.3) is 5.65 Å². The Balaban J connectivity index is 1.47. The second-order valence-corrected chi connectivity index (χ2v) is 6.89. The Morgan fingerprint density at radius 3 is 2.73 bits per heavy atom. The van der Waals surface area contributed by atoms with Gasteiger partial charge in [-0.2, -0.15) is 0 Å². The molecule has 1 saturated carbocycles. The molecule has 1 atom stereocenters. The molecule has 1 N–H and O–H groups in total. The summed E-state index contributed by atoms with van der Waals surface area (Å²) in [5, 5.41) is 11.3. The lowest BCUT2D eigenvalue weighted by Crippen LogP contribution is -2.42. The summed E-state index contributed by atoms with van der Waals surface area (Å²) in [5.41, 5.74) is 1.93. The molecule has 2 aromatic heterocycles. The van der Waals surface area contributed by atoms with Crippen LogP contribution in [-0.4, -0.2) is 32.1 Å². The summed E-state index contributed by atoms with van der Waals surface area (Å²) in [5.74, 6) is 1.36. The van der Waals surface area contributed by atoms with E-state index in [0.29, 0.717) is 12.5 Å². The zero-order valence-electron chi connectivity index (χ0n) is 14.9. The third-order valence-electron chi connectivity index (χ3n) is 4.94. The molecule has 6 heteroatoms. The summed E-state index contributed by atoms with van der Waals surface area (Å²) in [6.45, 7) is 3.24. The zero-order valence-corrected chi connectivity index (χ0v) is 14.9. The Labute approximate surface area is 152 Å². The molecule has 0 radical (unpaired) electrons. The Hall–Kier alpha value is -2.89. The van der Waals surface area contributed by atoms with E-state index in [1.165, 1.54) is 12.8 Å². The number of benzene rings is 1. The van der Waals surface area contributed by atoms with Gasteiger partial charge < -0.3 is 10.2 Å². The third kappa shape index (κ3) is 3.54. The predicted octanol–water partition coefficient (Wildman–Crippen LogP) is 3.41. The molecule has 26 heavy (non-hydrogen) atoms. The Morgan fingerprint density at radius 2 is 1.96 bits per heavy atom. The molecule has 1 unspecified atom stereocenters. The van der Waals surface area contributed by atoms with E-state index in [4.69, 9.17) is 0 Å². The van der Waals surface area contributed by atoms with Crippen LogP contribution in [0.3, 0.4) is 0 Å². The highest BCUT2D eigenvalue weighted by Crippen LogP contribution is 2.32. The van der Waals surface area contributed by atoms with Crippen molar-refractivity contribution in [3.05, 3.63) is 66.1 Å². The van der Waals surface area contributed by atoms with Crippen molar-refractivity contribution in [1.82, 2.24) is 24.8 Å². The van der Waals surface area contributed by atoms with Crippen molar-refractivity contribution in [3.8, 4) is 0 Å². The number of urea groups is 1. The van der Waals surface area contributed by atoms with Crippen LogP contribution in [0.4, 0.5) is 4.79 Å².